The van der Waals surface area contributed by atoms with Crippen LogP contribution in [0.4, 0.5) is 11.5 Å². The number of carbonyl (C=O) groups is 1. The molecular weight excluding hydrogens is 312 g/mol. The molecule has 2 heterocycles. The Hall–Kier alpha value is -3.16. The number of fused-ring (bicyclic) bond motifs is 1. The second kappa shape index (κ2) is 6.15. The van der Waals surface area contributed by atoms with E-state index in [2.05, 4.69) is 10.3 Å². The van der Waals surface area contributed by atoms with Crippen LogP contribution in [0.15, 0.2) is 48.1 Å². The number of non-ortho nitro benzene ring substituents is 1. The zero-order chi connectivity index (χ0) is 17.3. The minimum atomic E-state index is -0.539. The van der Waals surface area contributed by atoms with Crippen molar-refractivity contribution in [3.8, 4) is 0 Å². The van der Waals surface area contributed by atoms with Crippen LogP contribution in [0.2, 0.25) is 0 Å². The van der Waals surface area contributed by atoms with Crippen LogP contribution in [0, 0.1) is 10.1 Å². The molecule has 1 aromatic carbocycles. The lowest BCUT2D eigenvalue weighted by atomic mass is 9.95. The van der Waals surface area contributed by atoms with Gasteiger partial charge in [0.25, 0.3) is 5.69 Å². The van der Waals surface area contributed by atoms with E-state index in [0.29, 0.717) is 22.7 Å². The zero-order valence-corrected chi connectivity index (χ0v) is 13.2. The number of allylic oxidation sites excluding steroid dienone is 1. The summed E-state index contributed by atoms with van der Waals surface area (Å²) < 4.78 is 6.93. The second-order valence-corrected chi connectivity index (χ2v) is 5.32. The number of carbonyl (C=O) groups excluding carboxylic acids is 1. The van der Waals surface area contributed by atoms with Crippen molar-refractivity contribution in [2.24, 2.45) is 0 Å². The molecule has 1 atom stereocenters. The number of nitro groups is 1. The fourth-order valence-electron chi connectivity index (χ4n) is 2.82. The molecule has 0 spiro atoms. The molecule has 1 aliphatic heterocycles. The molecule has 2 aromatic rings. The Morgan fingerprint density at radius 3 is 3.00 bits per heavy atom. The van der Waals surface area contributed by atoms with E-state index in [0.717, 1.165) is 0 Å². The first-order valence-corrected chi connectivity index (χ1v) is 7.44. The molecule has 0 fully saturated rings. The molecule has 0 aliphatic carbocycles. The third kappa shape index (κ3) is 2.62. The van der Waals surface area contributed by atoms with Crippen LogP contribution >= 0.6 is 0 Å². The summed E-state index contributed by atoms with van der Waals surface area (Å²) in [5, 5.41) is 14.2. The van der Waals surface area contributed by atoms with Crippen LogP contribution in [0.5, 0.6) is 0 Å². The maximum absolute atomic E-state index is 12.5. The summed E-state index contributed by atoms with van der Waals surface area (Å²) in [6.07, 6.45) is 3.22. The molecule has 0 bridgehead atoms. The van der Waals surface area contributed by atoms with Crippen LogP contribution in [0.3, 0.4) is 0 Å². The number of aromatic nitrogens is 2. The molecule has 1 unspecified atom stereocenters. The number of anilines is 1. The molecule has 24 heavy (non-hydrogen) atoms. The van der Waals surface area contributed by atoms with Crippen LogP contribution in [0.1, 0.15) is 25.5 Å². The Labute approximate surface area is 137 Å². The van der Waals surface area contributed by atoms with E-state index in [4.69, 9.17) is 4.74 Å². The summed E-state index contributed by atoms with van der Waals surface area (Å²) in [5.41, 5.74) is 1.63. The van der Waals surface area contributed by atoms with E-state index in [1.54, 1.807) is 43.1 Å². The number of imidazole rings is 1. The Morgan fingerprint density at radius 1 is 1.50 bits per heavy atom. The number of esters is 1. The summed E-state index contributed by atoms with van der Waals surface area (Å²) in [4.78, 5) is 27.2. The van der Waals surface area contributed by atoms with Crippen LogP contribution in [-0.2, 0) is 9.53 Å². The highest BCUT2D eigenvalue weighted by Crippen LogP contribution is 2.37. The molecule has 0 saturated carbocycles. The maximum atomic E-state index is 12.5. The smallest absolute Gasteiger partial charge is 0.338 e. The molecule has 0 saturated heterocycles. The lowest BCUT2D eigenvalue weighted by Crippen LogP contribution is -2.28. The SMILES string of the molecule is CCOC(=O)C1=C(C)Nc2cncn2C1c1cccc([N+](=O)[O-])c1. The zero-order valence-electron chi connectivity index (χ0n) is 13.2. The predicted octanol–water partition coefficient (Wildman–Crippen LogP) is 2.64. The molecule has 0 radical (unpaired) electrons. The highest BCUT2D eigenvalue weighted by atomic mass is 16.6. The van der Waals surface area contributed by atoms with Gasteiger partial charge in [0.15, 0.2) is 0 Å². The van der Waals surface area contributed by atoms with Gasteiger partial charge in [0, 0.05) is 17.8 Å². The summed E-state index contributed by atoms with van der Waals surface area (Å²) in [5.74, 6) is 0.246. The lowest BCUT2D eigenvalue weighted by molar-refractivity contribution is -0.384. The van der Waals surface area contributed by atoms with Crippen LogP contribution in [-0.4, -0.2) is 27.1 Å². The van der Waals surface area contributed by atoms with Gasteiger partial charge in [0.2, 0.25) is 0 Å². The Balaban J connectivity index is 2.16. The maximum Gasteiger partial charge on any atom is 0.338 e. The van der Waals surface area contributed by atoms with E-state index >= 15 is 0 Å². The molecule has 1 aromatic heterocycles. The van der Waals surface area contributed by atoms with Gasteiger partial charge in [0.1, 0.15) is 5.82 Å². The van der Waals surface area contributed by atoms with Crippen molar-refractivity contribution >= 4 is 17.5 Å². The average Bonchev–Trinajstić information content (AvgIpc) is 3.01. The fourth-order valence-corrected chi connectivity index (χ4v) is 2.82. The highest BCUT2D eigenvalue weighted by Gasteiger charge is 2.33. The van der Waals surface area contributed by atoms with E-state index < -0.39 is 16.9 Å². The van der Waals surface area contributed by atoms with Gasteiger partial charge >= 0.3 is 5.97 Å². The number of nitrogens with zero attached hydrogens (tertiary/aromatic N) is 3. The first-order chi connectivity index (χ1) is 11.5. The number of nitrogens with one attached hydrogen (secondary N) is 1. The van der Waals surface area contributed by atoms with Crippen molar-refractivity contribution in [2.75, 3.05) is 11.9 Å². The Bertz CT molecular complexity index is 840. The average molecular weight is 328 g/mol. The molecule has 8 nitrogen and oxygen atoms in total. The Kier molecular flexibility index (Phi) is 4.03. The van der Waals surface area contributed by atoms with E-state index in [1.807, 2.05) is 0 Å². The fraction of sp³-hybridized carbons (Fsp3) is 0.250. The molecule has 0 amide bonds. The number of hydrogen-bond acceptors (Lipinski definition) is 6. The van der Waals surface area contributed by atoms with Gasteiger partial charge in [-0.05, 0) is 19.4 Å². The first-order valence-electron chi connectivity index (χ1n) is 7.44. The van der Waals surface area contributed by atoms with E-state index in [9.17, 15) is 14.9 Å². The summed E-state index contributed by atoms with van der Waals surface area (Å²) in [7, 11) is 0. The van der Waals surface area contributed by atoms with Crippen molar-refractivity contribution in [3.63, 3.8) is 0 Å². The third-order valence-electron chi connectivity index (χ3n) is 3.83. The topological polar surface area (TPSA) is 99.3 Å². The van der Waals surface area contributed by atoms with Crippen molar-refractivity contribution in [3.05, 3.63) is 63.7 Å². The van der Waals surface area contributed by atoms with Crippen LogP contribution in [0.25, 0.3) is 0 Å². The number of benzene rings is 1. The second-order valence-electron chi connectivity index (χ2n) is 5.32. The van der Waals surface area contributed by atoms with Crippen molar-refractivity contribution < 1.29 is 14.5 Å². The minimum Gasteiger partial charge on any atom is -0.463 e. The lowest BCUT2D eigenvalue weighted by Gasteiger charge is -2.29. The van der Waals surface area contributed by atoms with Crippen molar-refractivity contribution in [2.45, 2.75) is 19.9 Å². The molecule has 1 N–H and O–H groups in total. The van der Waals surface area contributed by atoms with Gasteiger partial charge in [-0.15, -0.1) is 0 Å². The molecule has 8 heteroatoms. The van der Waals surface area contributed by atoms with Gasteiger partial charge in [-0.25, -0.2) is 9.78 Å². The van der Waals surface area contributed by atoms with Gasteiger partial charge < -0.3 is 14.6 Å². The molecule has 124 valence electrons. The molecule has 3 rings (SSSR count). The van der Waals surface area contributed by atoms with Gasteiger partial charge in [-0.1, -0.05) is 12.1 Å². The number of nitro benzene ring substituents is 1. The van der Waals surface area contributed by atoms with Crippen LogP contribution < -0.4 is 5.32 Å². The monoisotopic (exact) mass is 328 g/mol. The summed E-state index contributed by atoms with van der Waals surface area (Å²) in [6.45, 7) is 3.75. The van der Waals surface area contributed by atoms with Gasteiger partial charge in [-0.3, -0.25) is 10.1 Å². The van der Waals surface area contributed by atoms with E-state index in [1.165, 1.54) is 12.1 Å². The number of rotatable bonds is 4. The normalized spacial score (nSPS) is 16.3. The standard InChI is InChI=1S/C16H16N4O4/c1-3-24-16(21)14-10(2)18-13-8-17-9-19(13)15(14)11-5-4-6-12(7-11)20(22)23/h4-9,15,18H,3H2,1-2H3. The quantitative estimate of drug-likeness (QED) is 0.526. The van der Waals surface area contributed by atoms with Gasteiger partial charge in [-0.2, -0.15) is 0 Å². The Morgan fingerprint density at radius 2 is 2.29 bits per heavy atom. The molecular formula is C16H16N4O4. The number of hydrogen-bond donors (Lipinski definition) is 1. The number of ether oxygens (including phenoxy) is 1. The molecule has 1 aliphatic rings. The highest BCUT2D eigenvalue weighted by molar-refractivity contribution is 5.92. The van der Waals surface area contributed by atoms with E-state index in [-0.39, 0.29) is 12.3 Å². The van der Waals surface area contributed by atoms with Crippen molar-refractivity contribution in [1.29, 1.82) is 0 Å². The predicted molar refractivity (Wildman–Crippen MR) is 86.4 cm³/mol. The minimum absolute atomic E-state index is 0.0337. The third-order valence-corrected chi connectivity index (χ3v) is 3.83. The largest absolute Gasteiger partial charge is 0.463 e. The van der Waals surface area contributed by atoms with Gasteiger partial charge in [0.05, 0.1) is 35.7 Å². The summed E-state index contributed by atoms with van der Waals surface area (Å²) >= 11 is 0. The van der Waals surface area contributed by atoms with Crippen molar-refractivity contribution in [1.82, 2.24) is 9.55 Å². The first kappa shape index (κ1) is 15.7. The summed E-state index contributed by atoms with van der Waals surface area (Å²) in [6, 6.07) is 5.69.